The van der Waals surface area contributed by atoms with E-state index in [9.17, 15) is 9.59 Å². The number of nitrogens with one attached hydrogen (secondary N) is 1. The third kappa shape index (κ3) is 2.35. The zero-order valence-corrected chi connectivity index (χ0v) is 10.9. The van der Waals surface area contributed by atoms with Gasteiger partial charge in [-0.3, -0.25) is 9.59 Å². The molecule has 2 amide bonds. The van der Waals surface area contributed by atoms with Gasteiger partial charge in [0.05, 0.1) is 0 Å². The van der Waals surface area contributed by atoms with Crippen LogP contribution in [0.1, 0.15) is 35.2 Å². The highest BCUT2D eigenvalue weighted by Gasteiger charge is 2.31. The van der Waals surface area contributed by atoms with Crippen molar-refractivity contribution in [1.82, 2.24) is 10.2 Å². The minimum atomic E-state index is -0.388. The smallest absolute Gasteiger partial charge is 0.252 e. The Morgan fingerprint density at radius 3 is 2.68 bits per heavy atom. The van der Waals surface area contributed by atoms with Crippen molar-refractivity contribution in [3.8, 4) is 0 Å². The van der Waals surface area contributed by atoms with E-state index in [1.54, 1.807) is 0 Å². The summed E-state index contributed by atoms with van der Waals surface area (Å²) in [6, 6.07) is 7.13. The van der Waals surface area contributed by atoms with Gasteiger partial charge in [-0.05, 0) is 30.9 Å². The molecule has 1 fully saturated rings. The topological polar surface area (TPSA) is 49.4 Å². The minimum Gasteiger partial charge on any atom is -0.341 e. The molecule has 1 aromatic carbocycles. The van der Waals surface area contributed by atoms with Crippen molar-refractivity contribution in [3.63, 3.8) is 0 Å². The fourth-order valence-electron chi connectivity index (χ4n) is 2.91. The van der Waals surface area contributed by atoms with Gasteiger partial charge in [0, 0.05) is 25.1 Å². The maximum absolute atomic E-state index is 12.4. The summed E-state index contributed by atoms with van der Waals surface area (Å²) in [6.07, 6.45) is 3.95. The molecule has 0 aliphatic carbocycles. The van der Waals surface area contributed by atoms with Gasteiger partial charge in [-0.2, -0.15) is 0 Å². The summed E-state index contributed by atoms with van der Waals surface area (Å²) in [4.78, 5) is 26.3. The number of amides is 2. The van der Waals surface area contributed by atoms with Gasteiger partial charge >= 0.3 is 0 Å². The molecule has 100 valence electrons. The first-order chi connectivity index (χ1) is 9.25. The molecule has 0 radical (unpaired) electrons. The lowest BCUT2D eigenvalue weighted by Crippen LogP contribution is -2.53. The minimum absolute atomic E-state index is 0.0718. The number of hydrogen-bond acceptors (Lipinski definition) is 2. The van der Waals surface area contributed by atoms with Gasteiger partial charge in [0.1, 0.15) is 6.04 Å². The molecular weight excluding hydrogens is 240 g/mol. The molecule has 0 saturated carbocycles. The van der Waals surface area contributed by atoms with E-state index in [1.165, 1.54) is 6.42 Å². The highest BCUT2D eigenvalue weighted by Crippen LogP contribution is 2.19. The first-order valence-electron chi connectivity index (χ1n) is 6.93. The molecule has 2 aliphatic heterocycles. The average molecular weight is 258 g/mol. The van der Waals surface area contributed by atoms with Crippen LogP contribution >= 0.6 is 0 Å². The van der Waals surface area contributed by atoms with Crippen molar-refractivity contribution in [2.75, 3.05) is 13.1 Å². The van der Waals surface area contributed by atoms with Gasteiger partial charge in [-0.1, -0.05) is 18.2 Å². The first-order valence-corrected chi connectivity index (χ1v) is 6.93. The Kier molecular flexibility index (Phi) is 3.23. The van der Waals surface area contributed by atoms with Crippen LogP contribution in [-0.2, 0) is 11.2 Å². The summed E-state index contributed by atoms with van der Waals surface area (Å²) in [6.45, 7) is 1.65. The van der Waals surface area contributed by atoms with E-state index >= 15 is 0 Å². The van der Waals surface area contributed by atoms with Gasteiger partial charge in [-0.25, -0.2) is 0 Å². The van der Waals surface area contributed by atoms with Crippen molar-refractivity contribution < 1.29 is 9.59 Å². The number of piperidine rings is 1. The van der Waals surface area contributed by atoms with Crippen molar-refractivity contribution >= 4 is 11.8 Å². The third-order valence-electron chi connectivity index (χ3n) is 3.96. The second-order valence-electron chi connectivity index (χ2n) is 5.27. The number of benzene rings is 1. The van der Waals surface area contributed by atoms with Crippen LogP contribution in [0.15, 0.2) is 24.3 Å². The maximum atomic E-state index is 12.4. The molecule has 0 bridgehead atoms. The number of rotatable bonds is 1. The number of nitrogens with zero attached hydrogens (tertiary/aromatic N) is 1. The van der Waals surface area contributed by atoms with Crippen molar-refractivity contribution in [3.05, 3.63) is 35.4 Å². The Morgan fingerprint density at radius 2 is 1.89 bits per heavy atom. The van der Waals surface area contributed by atoms with Gasteiger partial charge < -0.3 is 10.2 Å². The number of fused-ring (bicyclic) bond motifs is 1. The van der Waals surface area contributed by atoms with E-state index in [1.807, 2.05) is 29.2 Å². The second kappa shape index (κ2) is 5.03. The molecule has 19 heavy (non-hydrogen) atoms. The predicted molar refractivity (Wildman–Crippen MR) is 71.8 cm³/mol. The summed E-state index contributed by atoms with van der Waals surface area (Å²) >= 11 is 0. The lowest BCUT2D eigenvalue weighted by molar-refractivity contribution is -0.134. The van der Waals surface area contributed by atoms with E-state index < -0.39 is 0 Å². The van der Waals surface area contributed by atoms with Gasteiger partial charge in [0.25, 0.3) is 5.91 Å². The monoisotopic (exact) mass is 258 g/mol. The zero-order chi connectivity index (χ0) is 13.2. The lowest BCUT2D eigenvalue weighted by atomic mass is 9.94. The van der Waals surface area contributed by atoms with E-state index in [0.717, 1.165) is 31.5 Å². The predicted octanol–water partition coefficient (Wildman–Crippen LogP) is 1.35. The van der Waals surface area contributed by atoms with Crippen LogP contribution < -0.4 is 5.32 Å². The Morgan fingerprint density at radius 1 is 1.16 bits per heavy atom. The second-order valence-corrected chi connectivity index (χ2v) is 5.27. The molecule has 2 aliphatic rings. The highest BCUT2D eigenvalue weighted by molar-refractivity contribution is 6.00. The molecule has 1 atom stereocenters. The molecule has 3 rings (SSSR count). The molecule has 1 N–H and O–H groups in total. The quantitative estimate of drug-likeness (QED) is 0.826. The van der Waals surface area contributed by atoms with E-state index in [2.05, 4.69) is 5.32 Å². The van der Waals surface area contributed by atoms with Crippen LogP contribution in [0.5, 0.6) is 0 Å². The van der Waals surface area contributed by atoms with Crippen LogP contribution in [0.4, 0.5) is 0 Å². The molecule has 0 spiro atoms. The Balaban J connectivity index is 1.77. The molecule has 2 heterocycles. The number of hydrogen-bond donors (Lipinski definition) is 1. The van der Waals surface area contributed by atoms with Crippen LogP contribution in [0.25, 0.3) is 0 Å². The summed E-state index contributed by atoms with van der Waals surface area (Å²) in [5.41, 5.74) is 1.67. The van der Waals surface area contributed by atoms with E-state index in [0.29, 0.717) is 12.0 Å². The molecule has 1 unspecified atom stereocenters. The van der Waals surface area contributed by atoms with E-state index in [-0.39, 0.29) is 17.9 Å². The summed E-state index contributed by atoms with van der Waals surface area (Å²) in [7, 11) is 0. The Hall–Kier alpha value is -1.84. The summed E-state index contributed by atoms with van der Waals surface area (Å²) in [5, 5.41) is 2.84. The fraction of sp³-hybridized carbons (Fsp3) is 0.467. The van der Waals surface area contributed by atoms with Gasteiger partial charge in [0.2, 0.25) is 5.91 Å². The van der Waals surface area contributed by atoms with Gasteiger partial charge in [0.15, 0.2) is 0 Å². The molecule has 4 heteroatoms. The largest absolute Gasteiger partial charge is 0.341 e. The molecule has 4 nitrogen and oxygen atoms in total. The fourth-order valence-corrected chi connectivity index (χ4v) is 2.91. The first kappa shape index (κ1) is 12.2. The van der Waals surface area contributed by atoms with Gasteiger partial charge in [-0.15, -0.1) is 0 Å². The standard InChI is InChI=1S/C15H18N2O2/c18-14-12-7-3-2-6-11(12)10-13(16-14)15(19)17-8-4-1-5-9-17/h2-3,6-7,13H,1,4-5,8-10H2,(H,16,18). The SMILES string of the molecule is O=C1NC(C(=O)N2CCCCC2)Cc2ccccc21. The Bertz CT molecular complexity index is 507. The van der Waals surface area contributed by atoms with E-state index in [4.69, 9.17) is 0 Å². The molecule has 1 aromatic rings. The van der Waals surface area contributed by atoms with Crippen molar-refractivity contribution in [1.29, 1.82) is 0 Å². The zero-order valence-electron chi connectivity index (χ0n) is 10.9. The number of likely N-dealkylation sites (tertiary alicyclic amines) is 1. The third-order valence-corrected chi connectivity index (χ3v) is 3.96. The van der Waals surface area contributed by atoms with Crippen LogP contribution in [-0.4, -0.2) is 35.8 Å². The molecule has 0 aromatic heterocycles. The lowest BCUT2D eigenvalue weighted by Gasteiger charge is -2.32. The normalized spacial score (nSPS) is 22.6. The summed E-state index contributed by atoms with van der Waals surface area (Å²) < 4.78 is 0. The molecular formula is C15H18N2O2. The molecule has 1 saturated heterocycles. The van der Waals surface area contributed by atoms with Crippen LogP contribution in [0.3, 0.4) is 0 Å². The highest BCUT2D eigenvalue weighted by atomic mass is 16.2. The Labute approximate surface area is 112 Å². The van der Waals surface area contributed by atoms with Crippen LogP contribution in [0, 0.1) is 0 Å². The van der Waals surface area contributed by atoms with Crippen LogP contribution in [0.2, 0.25) is 0 Å². The summed E-state index contributed by atoms with van der Waals surface area (Å²) in [5.74, 6) is -0.0558. The average Bonchev–Trinajstić information content (AvgIpc) is 2.47. The number of carbonyl (C=O) groups excluding carboxylic acids is 2. The van der Waals surface area contributed by atoms with Crippen molar-refractivity contribution in [2.45, 2.75) is 31.7 Å². The van der Waals surface area contributed by atoms with Crippen molar-refractivity contribution in [2.24, 2.45) is 0 Å². The maximum Gasteiger partial charge on any atom is 0.252 e. The number of carbonyl (C=O) groups is 2.